The molecule has 0 saturated heterocycles. The largest absolute Gasteiger partial charge is 0.207 e. The lowest BCUT2D eigenvalue weighted by molar-refractivity contribution is 0.612. The van der Waals surface area contributed by atoms with Gasteiger partial charge in [-0.2, -0.15) is 0 Å². The van der Waals surface area contributed by atoms with E-state index >= 15 is 0 Å². The number of rotatable bonds is 2. The van der Waals surface area contributed by atoms with E-state index in [1.807, 2.05) is 24.3 Å². The molecule has 0 heterocycles. The van der Waals surface area contributed by atoms with Crippen LogP contribution in [0, 0.1) is 5.82 Å². The van der Waals surface area contributed by atoms with Crippen LogP contribution in [0.5, 0.6) is 0 Å². The predicted molar refractivity (Wildman–Crippen MR) is 73.2 cm³/mol. The third-order valence-corrected chi connectivity index (χ3v) is 3.64. The maximum atomic E-state index is 13.6. The van der Waals surface area contributed by atoms with E-state index in [1.54, 1.807) is 6.07 Å². The van der Waals surface area contributed by atoms with Gasteiger partial charge >= 0.3 is 0 Å². The number of hydrogen-bond acceptors (Lipinski definition) is 0. The van der Waals surface area contributed by atoms with E-state index in [2.05, 4.69) is 15.9 Å². The molecule has 1 atom stereocenters. The maximum absolute atomic E-state index is 13.6. The Labute approximate surface area is 117 Å². The van der Waals surface area contributed by atoms with Crippen molar-refractivity contribution >= 4 is 39.1 Å². The first-order valence-electron chi connectivity index (χ1n) is 4.92. The summed E-state index contributed by atoms with van der Waals surface area (Å²) in [5.41, 5.74) is 1.22. The molecule has 0 spiro atoms. The molecule has 2 aromatic rings. The van der Waals surface area contributed by atoms with Crippen LogP contribution in [0.15, 0.2) is 46.9 Å². The van der Waals surface area contributed by atoms with Gasteiger partial charge in [-0.15, -0.1) is 11.6 Å². The van der Waals surface area contributed by atoms with E-state index in [1.165, 1.54) is 12.1 Å². The second-order valence-electron chi connectivity index (χ2n) is 3.58. The standard InChI is InChI=1S/C13H8BrCl2F/c14-9-3-1-8(2-4-9)13(16)11-7-10(15)5-6-12(11)17/h1-7,13H. The molecule has 0 bridgehead atoms. The van der Waals surface area contributed by atoms with Crippen molar-refractivity contribution in [1.82, 2.24) is 0 Å². The van der Waals surface area contributed by atoms with E-state index in [9.17, 15) is 4.39 Å². The molecule has 4 heteroatoms. The summed E-state index contributed by atoms with van der Waals surface area (Å²) in [6, 6.07) is 11.8. The average molecular weight is 334 g/mol. The number of alkyl halides is 1. The summed E-state index contributed by atoms with van der Waals surface area (Å²) >= 11 is 15.4. The zero-order valence-corrected chi connectivity index (χ0v) is 11.7. The summed E-state index contributed by atoms with van der Waals surface area (Å²) in [4.78, 5) is 0. The molecule has 0 N–H and O–H groups in total. The Balaban J connectivity index is 2.39. The van der Waals surface area contributed by atoms with Crippen molar-refractivity contribution in [2.45, 2.75) is 5.38 Å². The van der Waals surface area contributed by atoms with Gasteiger partial charge in [0.15, 0.2) is 0 Å². The third kappa shape index (κ3) is 3.01. The normalized spacial score (nSPS) is 12.5. The van der Waals surface area contributed by atoms with Crippen LogP contribution in [0.4, 0.5) is 4.39 Å². The van der Waals surface area contributed by atoms with Gasteiger partial charge in [-0.3, -0.25) is 0 Å². The minimum atomic E-state index is -0.540. The molecule has 0 fully saturated rings. The Morgan fingerprint density at radius 3 is 2.35 bits per heavy atom. The van der Waals surface area contributed by atoms with Gasteiger partial charge in [-0.25, -0.2) is 4.39 Å². The van der Waals surface area contributed by atoms with Gasteiger partial charge in [-0.05, 0) is 35.9 Å². The van der Waals surface area contributed by atoms with Crippen molar-refractivity contribution in [2.75, 3.05) is 0 Å². The van der Waals surface area contributed by atoms with Crippen LogP contribution < -0.4 is 0 Å². The summed E-state index contributed by atoms with van der Waals surface area (Å²) in [6.45, 7) is 0. The van der Waals surface area contributed by atoms with E-state index in [-0.39, 0.29) is 5.82 Å². The molecular weight excluding hydrogens is 326 g/mol. The third-order valence-electron chi connectivity index (χ3n) is 2.39. The summed E-state index contributed by atoms with van der Waals surface area (Å²) < 4.78 is 14.6. The summed E-state index contributed by atoms with van der Waals surface area (Å²) in [7, 11) is 0. The van der Waals surface area contributed by atoms with Crippen LogP contribution in [0.2, 0.25) is 5.02 Å². The van der Waals surface area contributed by atoms with Crippen molar-refractivity contribution in [2.24, 2.45) is 0 Å². The minimum Gasteiger partial charge on any atom is -0.207 e. The summed E-state index contributed by atoms with van der Waals surface area (Å²) in [6.07, 6.45) is 0. The van der Waals surface area contributed by atoms with Crippen LogP contribution in [0.25, 0.3) is 0 Å². The van der Waals surface area contributed by atoms with Crippen molar-refractivity contribution in [1.29, 1.82) is 0 Å². The molecule has 0 aromatic heterocycles. The molecule has 0 saturated carbocycles. The summed E-state index contributed by atoms with van der Waals surface area (Å²) in [5, 5.41) is -0.0639. The number of hydrogen-bond donors (Lipinski definition) is 0. The fourth-order valence-electron chi connectivity index (χ4n) is 1.52. The van der Waals surface area contributed by atoms with E-state index in [4.69, 9.17) is 23.2 Å². The molecule has 2 aromatic carbocycles. The molecule has 0 radical (unpaired) electrons. The lowest BCUT2D eigenvalue weighted by Gasteiger charge is -2.11. The highest BCUT2D eigenvalue weighted by molar-refractivity contribution is 9.10. The topological polar surface area (TPSA) is 0 Å². The fourth-order valence-corrected chi connectivity index (χ4v) is 2.28. The van der Waals surface area contributed by atoms with Crippen molar-refractivity contribution < 1.29 is 4.39 Å². The zero-order chi connectivity index (χ0) is 12.4. The first-order chi connectivity index (χ1) is 8.08. The highest BCUT2D eigenvalue weighted by atomic mass is 79.9. The quantitative estimate of drug-likeness (QED) is 0.630. The molecule has 2 rings (SSSR count). The molecule has 0 aliphatic carbocycles. The number of benzene rings is 2. The lowest BCUT2D eigenvalue weighted by atomic mass is 10.0. The molecule has 17 heavy (non-hydrogen) atoms. The zero-order valence-electron chi connectivity index (χ0n) is 8.63. The van der Waals surface area contributed by atoms with Crippen molar-refractivity contribution in [3.63, 3.8) is 0 Å². The van der Waals surface area contributed by atoms with Crippen molar-refractivity contribution in [3.8, 4) is 0 Å². The highest BCUT2D eigenvalue weighted by Crippen LogP contribution is 2.32. The van der Waals surface area contributed by atoms with Gasteiger partial charge in [-0.1, -0.05) is 39.7 Å². The minimum absolute atomic E-state index is 0.350. The molecule has 0 aliphatic heterocycles. The molecule has 88 valence electrons. The SMILES string of the molecule is Fc1ccc(Cl)cc1C(Cl)c1ccc(Br)cc1. The Kier molecular flexibility index (Phi) is 4.08. The fraction of sp³-hybridized carbons (Fsp3) is 0.0769. The van der Waals surface area contributed by atoms with E-state index in [0.29, 0.717) is 10.6 Å². The number of halogens is 4. The van der Waals surface area contributed by atoms with Gasteiger partial charge in [0.25, 0.3) is 0 Å². The first-order valence-corrected chi connectivity index (χ1v) is 6.53. The van der Waals surface area contributed by atoms with Gasteiger partial charge in [0, 0.05) is 15.1 Å². The van der Waals surface area contributed by atoms with Gasteiger partial charge < -0.3 is 0 Å². The Morgan fingerprint density at radius 1 is 1.06 bits per heavy atom. The molecule has 1 unspecified atom stereocenters. The van der Waals surface area contributed by atoms with Gasteiger partial charge in [0.05, 0.1) is 5.38 Å². The average Bonchev–Trinajstić information content (AvgIpc) is 2.32. The smallest absolute Gasteiger partial charge is 0.128 e. The monoisotopic (exact) mass is 332 g/mol. The first kappa shape index (κ1) is 12.9. The Morgan fingerprint density at radius 2 is 1.71 bits per heavy atom. The van der Waals surface area contributed by atoms with Crippen LogP contribution >= 0.6 is 39.1 Å². The second kappa shape index (κ2) is 5.38. The highest BCUT2D eigenvalue weighted by Gasteiger charge is 2.15. The van der Waals surface area contributed by atoms with Crippen LogP contribution in [-0.4, -0.2) is 0 Å². The Hall–Kier alpha value is -0.570. The van der Waals surface area contributed by atoms with Gasteiger partial charge in [0.2, 0.25) is 0 Å². The molecule has 0 amide bonds. The van der Waals surface area contributed by atoms with E-state index < -0.39 is 5.38 Å². The Bertz CT molecular complexity index is 525. The summed E-state index contributed by atoms with van der Waals surface area (Å²) in [5.74, 6) is -0.350. The molecular formula is C13H8BrCl2F. The predicted octanol–water partition coefficient (Wildman–Crippen LogP) is 5.57. The van der Waals surface area contributed by atoms with Crippen molar-refractivity contribution in [3.05, 3.63) is 68.9 Å². The second-order valence-corrected chi connectivity index (χ2v) is 5.37. The lowest BCUT2D eigenvalue weighted by Crippen LogP contribution is -1.96. The van der Waals surface area contributed by atoms with Crippen LogP contribution in [0.3, 0.4) is 0 Å². The van der Waals surface area contributed by atoms with Crippen LogP contribution in [-0.2, 0) is 0 Å². The molecule has 0 aliphatic rings. The van der Waals surface area contributed by atoms with E-state index in [0.717, 1.165) is 10.0 Å². The maximum Gasteiger partial charge on any atom is 0.128 e. The van der Waals surface area contributed by atoms with Crippen LogP contribution in [0.1, 0.15) is 16.5 Å². The van der Waals surface area contributed by atoms with Gasteiger partial charge in [0.1, 0.15) is 5.82 Å². The molecule has 0 nitrogen and oxygen atoms in total.